The van der Waals surface area contributed by atoms with Gasteiger partial charge in [0.25, 0.3) is 0 Å². The third-order valence-electron chi connectivity index (χ3n) is 3.16. The summed E-state index contributed by atoms with van der Waals surface area (Å²) in [6.45, 7) is 5.37. The molecule has 0 bridgehead atoms. The summed E-state index contributed by atoms with van der Waals surface area (Å²) in [5.74, 6) is 2.11. The molecule has 1 aromatic heterocycles. The number of nitrogens with zero attached hydrogens (tertiary/aromatic N) is 1. The molecule has 1 fully saturated rings. The van der Waals surface area contributed by atoms with Crippen LogP contribution in [-0.4, -0.2) is 37.6 Å². The van der Waals surface area contributed by atoms with E-state index < -0.39 is 0 Å². The molecule has 3 nitrogen and oxygen atoms in total. The van der Waals surface area contributed by atoms with Crippen molar-refractivity contribution in [2.75, 3.05) is 26.7 Å². The molecule has 0 aromatic carbocycles. The van der Waals surface area contributed by atoms with Gasteiger partial charge in [0.1, 0.15) is 11.5 Å². The molecule has 0 amide bonds. The summed E-state index contributed by atoms with van der Waals surface area (Å²) < 4.78 is 5.55. The highest BCUT2D eigenvalue weighted by molar-refractivity contribution is 5.05. The lowest BCUT2D eigenvalue weighted by molar-refractivity contribution is 0.254. The van der Waals surface area contributed by atoms with Gasteiger partial charge in [0.2, 0.25) is 0 Å². The van der Waals surface area contributed by atoms with E-state index in [1.807, 2.05) is 13.0 Å². The average molecular weight is 208 g/mol. The molecular formula is C12H20N2O. The Morgan fingerprint density at radius 3 is 3.00 bits per heavy atom. The summed E-state index contributed by atoms with van der Waals surface area (Å²) in [5, 5.41) is 3.39. The van der Waals surface area contributed by atoms with Gasteiger partial charge in [0.05, 0.1) is 0 Å². The number of likely N-dealkylation sites (N-methyl/N-ethyl adjacent to an activating group) is 1. The molecule has 15 heavy (non-hydrogen) atoms. The van der Waals surface area contributed by atoms with Crippen molar-refractivity contribution in [3.63, 3.8) is 0 Å². The highest BCUT2D eigenvalue weighted by Gasteiger charge is 2.18. The van der Waals surface area contributed by atoms with Crippen molar-refractivity contribution >= 4 is 0 Å². The van der Waals surface area contributed by atoms with Gasteiger partial charge in [-0.1, -0.05) is 0 Å². The highest BCUT2D eigenvalue weighted by atomic mass is 16.3. The van der Waals surface area contributed by atoms with Crippen LogP contribution in [0, 0.1) is 6.92 Å². The first-order valence-electron chi connectivity index (χ1n) is 5.72. The lowest BCUT2D eigenvalue weighted by Gasteiger charge is -2.22. The Bertz CT molecular complexity index is 302. The van der Waals surface area contributed by atoms with Crippen LogP contribution in [-0.2, 0) is 6.42 Å². The summed E-state index contributed by atoms with van der Waals surface area (Å²) in [6.07, 6.45) is 2.29. The van der Waals surface area contributed by atoms with Crippen LogP contribution in [0.15, 0.2) is 16.5 Å². The Morgan fingerprint density at radius 1 is 1.53 bits per heavy atom. The van der Waals surface area contributed by atoms with Crippen LogP contribution in [0.2, 0.25) is 0 Å². The smallest absolute Gasteiger partial charge is 0.105 e. The minimum Gasteiger partial charge on any atom is -0.466 e. The second-order valence-electron chi connectivity index (χ2n) is 4.39. The molecule has 0 aliphatic carbocycles. The Balaban J connectivity index is 1.77. The van der Waals surface area contributed by atoms with E-state index >= 15 is 0 Å². The SMILES string of the molecule is Cc1ccc(CCN(C)C2CCNC2)o1. The van der Waals surface area contributed by atoms with Gasteiger partial charge in [-0.3, -0.25) is 0 Å². The van der Waals surface area contributed by atoms with E-state index in [4.69, 9.17) is 4.42 Å². The predicted octanol–water partition coefficient (Wildman–Crippen LogP) is 1.42. The molecule has 1 aliphatic rings. The standard InChI is InChI=1S/C12H20N2O/c1-10-3-4-12(15-10)6-8-14(2)11-5-7-13-9-11/h3-4,11,13H,5-9H2,1-2H3. The van der Waals surface area contributed by atoms with Gasteiger partial charge in [-0.2, -0.15) is 0 Å². The maximum absolute atomic E-state index is 5.55. The minimum absolute atomic E-state index is 0.709. The molecule has 0 radical (unpaired) electrons. The number of aryl methyl sites for hydroxylation is 1. The molecule has 1 saturated heterocycles. The third-order valence-corrected chi connectivity index (χ3v) is 3.16. The first kappa shape index (κ1) is 10.7. The first-order valence-corrected chi connectivity index (χ1v) is 5.72. The van der Waals surface area contributed by atoms with Crippen molar-refractivity contribution < 1.29 is 4.42 Å². The highest BCUT2D eigenvalue weighted by Crippen LogP contribution is 2.10. The topological polar surface area (TPSA) is 28.4 Å². The van der Waals surface area contributed by atoms with Crippen molar-refractivity contribution in [1.29, 1.82) is 0 Å². The molecule has 2 rings (SSSR count). The number of rotatable bonds is 4. The van der Waals surface area contributed by atoms with E-state index in [1.54, 1.807) is 0 Å². The van der Waals surface area contributed by atoms with E-state index in [-0.39, 0.29) is 0 Å². The zero-order valence-electron chi connectivity index (χ0n) is 9.62. The fourth-order valence-electron chi connectivity index (χ4n) is 2.10. The third kappa shape index (κ3) is 2.83. The van der Waals surface area contributed by atoms with E-state index in [0.29, 0.717) is 6.04 Å². The van der Waals surface area contributed by atoms with Crippen LogP contribution in [0.25, 0.3) is 0 Å². The monoisotopic (exact) mass is 208 g/mol. The average Bonchev–Trinajstić information content (AvgIpc) is 2.84. The summed E-state index contributed by atoms with van der Waals surface area (Å²) in [4.78, 5) is 2.43. The van der Waals surface area contributed by atoms with Gasteiger partial charge < -0.3 is 14.6 Å². The molecule has 0 spiro atoms. The van der Waals surface area contributed by atoms with Crippen molar-refractivity contribution in [2.24, 2.45) is 0 Å². The number of nitrogens with one attached hydrogen (secondary N) is 1. The Labute approximate surface area is 91.4 Å². The largest absolute Gasteiger partial charge is 0.466 e. The molecule has 1 unspecified atom stereocenters. The van der Waals surface area contributed by atoms with Crippen molar-refractivity contribution in [2.45, 2.75) is 25.8 Å². The second-order valence-corrected chi connectivity index (χ2v) is 4.39. The Morgan fingerprint density at radius 2 is 2.40 bits per heavy atom. The van der Waals surface area contributed by atoms with Crippen LogP contribution >= 0.6 is 0 Å². The summed E-state index contributed by atoms with van der Waals surface area (Å²) in [7, 11) is 2.20. The molecule has 2 heterocycles. The quantitative estimate of drug-likeness (QED) is 0.811. The van der Waals surface area contributed by atoms with E-state index in [9.17, 15) is 0 Å². The van der Waals surface area contributed by atoms with Gasteiger partial charge in [-0.15, -0.1) is 0 Å². The number of hydrogen-bond acceptors (Lipinski definition) is 3. The van der Waals surface area contributed by atoms with Gasteiger partial charge in [0, 0.05) is 25.6 Å². The van der Waals surface area contributed by atoms with Crippen molar-refractivity contribution in [3.8, 4) is 0 Å². The Kier molecular flexibility index (Phi) is 3.44. The first-order chi connectivity index (χ1) is 7.25. The lowest BCUT2D eigenvalue weighted by Crippen LogP contribution is -2.34. The van der Waals surface area contributed by atoms with Crippen LogP contribution in [0.5, 0.6) is 0 Å². The summed E-state index contributed by atoms with van der Waals surface area (Å²) in [6, 6.07) is 4.82. The second kappa shape index (κ2) is 4.81. The normalized spacial score (nSPS) is 21.4. The van der Waals surface area contributed by atoms with Gasteiger partial charge in [0.15, 0.2) is 0 Å². The molecule has 1 aromatic rings. The molecular weight excluding hydrogens is 188 g/mol. The van der Waals surface area contributed by atoms with E-state index in [1.165, 1.54) is 6.42 Å². The van der Waals surface area contributed by atoms with Crippen LogP contribution in [0.1, 0.15) is 17.9 Å². The van der Waals surface area contributed by atoms with E-state index in [0.717, 1.165) is 37.6 Å². The fourth-order valence-corrected chi connectivity index (χ4v) is 2.10. The van der Waals surface area contributed by atoms with Crippen molar-refractivity contribution in [3.05, 3.63) is 23.7 Å². The molecule has 1 N–H and O–H groups in total. The van der Waals surface area contributed by atoms with Crippen LogP contribution in [0.3, 0.4) is 0 Å². The molecule has 3 heteroatoms. The van der Waals surface area contributed by atoms with Crippen LogP contribution in [0.4, 0.5) is 0 Å². The van der Waals surface area contributed by atoms with Crippen LogP contribution < -0.4 is 5.32 Å². The maximum Gasteiger partial charge on any atom is 0.105 e. The summed E-state index contributed by atoms with van der Waals surface area (Å²) in [5.41, 5.74) is 0. The zero-order valence-corrected chi connectivity index (χ0v) is 9.62. The number of furan rings is 1. The predicted molar refractivity (Wildman–Crippen MR) is 61.1 cm³/mol. The van der Waals surface area contributed by atoms with Crippen molar-refractivity contribution in [1.82, 2.24) is 10.2 Å². The fraction of sp³-hybridized carbons (Fsp3) is 0.667. The minimum atomic E-state index is 0.709. The maximum atomic E-state index is 5.55. The zero-order chi connectivity index (χ0) is 10.7. The molecule has 84 valence electrons. The molecule has 0 saturated carbocycles. The Hall–Kier alpha value is -0.800. The molecule has 1 atom stereocenters. The molecule has 1 aliphatic heterocycles. The van der Waals surface area contributed by atoms with Gasteiger partial charge >= 0.3 is 0 Å². The number of hydrogen-bond donors (Lipinski definition) is 1. The van der Waals surface area contributed by atoms with Gasteiger partial charge in [-0.05, 0) is 39.1 Å². The van der Waals surface area contributed by atoms with E-state index in [2.05, 4.69) is 23.3 Å². The lowest BCUT2D eigenvalue weighted by atomic mass is 10.2. The van der Waals surface area contributed by atoms with Gasteiger partial charge in [-0.25, -0.2) is 0 Å². The summed E-state index contributed by atoms with van der Waals surface area (Å²) >= 11 is 0.